The lowest BCUT2D eigenvalue weighted by molar-refractivity contribution is 0.262. The summed E-state index contributed by atoms with van der Waals surface area (Å²) in [5.41, 5.74) is 11.4. The molecule has 27 heavy (non-hydrogen) atoms. The van der Waals surface area contributed by atoms with Gasteiger partial charge in [-0.2, -0.15) is 0 Å². The topological polar surface area (TPSA) is 84.5 Å². The number of urea groups is 1. The molecule has 0 aliphatic rings. The Labute approximate surface area is 156 Å². The third-order valence-corrected chi connectivity index (χ3v) is 4.35. The number of nitrogens with two attached hydrogens (primary N) is 1. The maximum Gasteiger partial charge on any atom is 0.323 e. The quantitative estimate of drug-likeness (QED) is 0.503. The van der Waals surface area contributed by atoms with E-state index in [2.05, 4.69) is 15.6 Å². The fraction of sp³-hybridized carbons (Fsp3) is 0.0476. The van der Waals surface area contributed by atoms with Gasteiger partial charge in [-0.25, -0.2) is 9.78 Å². The highest BCUT2D eigenvalue weighted by Crippen LogP contribution is 2.28. The van der Waals surface area contributed by atoms with Crippen LogP contribution in [0.1, 0.15) is 5.56 Å². The molecule has 0 saturated heterocycles. The molecule has 0 aliphatic carbocycles. The van der Waals surface area contributed by atoms with Gasteiger partial charge in [0.05, 0.1) is 5.52 Å². The largest absolute Gasteiger partial charge is 0.382 e. The maximum atomic E-state index is 12.2. The Morgan fingerprint density at radius 3 is 2.26 bits per heavy atom. The average molecular weight is 357 g/mol. The number of hydrogen-bond donors (Lipinski definition) is 3. The number of hydrogen-bond acceptors (Lipinski definition) is 3. The second-order valence-corrected chi connectivity index (χ2v) is 6.33. The van der Waals surface area contributed by atoms with Gasteiger partial charge in [0, 0.05) is 23.1 Å². The van der Waals surface area contributed by atoms with Gasteiger partial charge in [0.2, 0.25) is 0 Å². The Kier molecular flexibility index (Phi) is 4.22. The normalized spacial score (nSPS) is 10.7. The highest BCUT2D eigenvalue weighted by atomic mass is 16.2. The number of aromatic nitrogens is 2. The summed E-state index contributed by atoms with van der Waals surface area (Å²) in [6, 6.07) is 18.9. The minimum atomic E-state index is -0.284. The van der Waals surface area contributed by atoms with Crippen molar-refractivity contribution >= 4 is 28.7 Å². The van der Waals surface area contributed by atoms with E-state index in [1.54, 1.807) is 6.33 Å². The third kappa shape index (κ3) is 3.46. The molecule has 4 N–H and O–H groups in total. The number of anilines is 3. The minimum Gasteiger partial charge on any atom is -0.382 e. The van der Waals surface area contributed by atoms with Crippen LogP contribution in [0.25, 0.3) is 16.6 Å². The Hall–Kier alpha value is -3.80. The molecule has 2 aromatic heterocycles. The van der Waals surface area contributed by atoms with Crippen molar-refractivity contribution in [2.75, 3.05) is 16.4 Å². The van der Waals surface area contributed by atoms with Crippen molar-refractivity contribution < 1.29 is 4.79 Å². The Bertz CT molecular complexity index is 1100. The number of nitrogens with zero attached hydrogens (tertiary/aromatic N) is 2. The average Bonchev–Trinajstić information content (AvgIpc) is 3.06. The van der Waals surface area contributed by atoms with E-state index in [0.29, 0.717) is 11.5 Å². The van der Waals surface area contributed by atoms with Crippen LogP contribution < -0.4 is 16.4 Å². The van der Waals surface area contributed by atoms with E-state index in [4.69, 9.17) is 5.73 Å². The van der Waals surface area contributed by atoms with E-state index in [1.165, 1.54) is 0 Å². The molecule has 6 nitrogen and oxygen atoms in total. The number of aryl methyl sites for hydroxylation is 1. The molecule has 0 unspecified atom stereocenters. The molecule has 0 atom stereocenters. The van der Waals surface area contributed by atoms with Crippen LogP contribution in [-0.2, 0) is 0 Å². The van der Waals surface area contributed by atoms with Crippen molar-refractivity contribution in [2.45, 2.75) is 6.92 Å². The zero-order valence-electron chi connectivity index (χ0n) is 14.8. The standard InChI is InChI=1S/C21H19N5O/c1-14-4-8-16(9-5-14)24-21(27)25-17-10-6-15(7-11-17)18-3-2-12-26-13-23-20(22)19(18)26/h2-13H,22H2,1H3,(H2,24,25,27). The van der Waals surface area contributed by atoms with Gasteiger partial charge in [0.25, 0.3) is 0 Å². The Balaban J connectivity index is 1.51. The minimum absolute atomic E-state index is 0.284. The molecule has 134 valence electrons. The van der Waals surface area contributed by atoms with E-state index in [9.17, 15) is 4.79 Å². The Morgan fingerprint density at radius 1 is 0.963 bits per heavy atom. The maximum absolute atomic E-state index is 12.2. The number of rotatable bonds is 3. The molecule has 0 spiro atoms. The highest BCUT2D eigenvalue weighted by Gasteiger charge is 2.09. The zero-order valence-corrected chi connectivity index (χ0v) is 14.8. The van der Waals surface area contributed by atoms with E-state index in [-0.39, 0.29) is 6.03 Å². The van der Waals surface area contributed by atoms with E-state index in [1.807, 2.05) is 78.2 Å². The van der Waals surface area contributed by atoms with Crippen LogP contribution in [0.5, 0.6) is 0 Å². The Morgan fingerprint density at radius 2 is 1.59 bits per heavy atom. The predicted octanol–water partition coefficient (Wildman–Crippen LogP) is 4.54. The molecule has 0 radical (unpaired) electrons. The van der Waals surface area contributed by atoms with E-state index in [0.717, 1.165) is 27.9 Å². The molecular formula is C21H19N5O. The number of pyridine rings is 1. The SMILES string of the molecule is Cc1ccc(NC(=O)Nc2ccc(-c3cccn4cnc(N)c34)cc2)cc1. The van der Waals surface area contributed by atoms with Crippen molar-refractivity contribution in [3.8, 4) is 11.1 Å². The number of nitrogen functional groups attached to an aromatic ring is 1. The summed E-state index contributed by atoms with van der Waals surface area (Å²) < 4.78 is 1.89. The van der Waals surface area contributed by atoms with Gasteiger partial charge in [0.1, 0.15) is 12.1 Å². The van der Waals surface area contributed by atoms with Crippen LogP contribution in [0.15, 0.2) is 73.2 Å². The first kappa shape index (κ1) is 16.7. The molecule has 0 fully saturated rings. The number of imidazole rings is 1. The van der Waals surface area contributed by atoms with Crippen LogP contribution in [0.4, 0.5) is 22.0 Å². The van der Waals surface area contributed by atoms with Gasteiger partial charge in [-0.05, 0) is 42.8 Å². The van der Waals surface area contributed by atoms with Crippen molar-refractivity contribution in [3.63, 3.8) is 0 Å². The molecule has 6 heteroatoms. The van der Waals surface area contributed by atoms with Crippen molar-refractivity contribution in [1.82, 2.24) is 9.38 Å². The summed E-state index contributed by atoms with van der Waals surface area (Å²) >= 11 is 0. The number of carbonyl (C=O) groups excluding carboxylic acids is 1. The number of nitrogens with one attached hydrogen (secondary N) is 2. The second kappa shape index (κ2) is 6.84. The number of benzene rings is 2. The number of carbonyl (C=O) groups is 1. The lowest BCUT2D eigenvalue weighted by Crippen LogP contribution is -2.19. The van der Waals surface area contributed by atoms with Crippen molar-refractivity contribution in [3.05, 3.63) is 78.8 Å². The highest BCUT2D eigenvalue weighted by molar-refractivity contribution is 6.00. The van der Waals surface area contributed by atoms with Gasteiger partial charge in [0.15, 0.2) is 0 Å². The third-order valence-electron chi connectivity index (χ3n) is 4.35. The molecule has 2 amide bonds. The van der Waals surface area contributed by atoms with Crippen LogP contribution in [0.3, 0.4) is 0 Å². The monoisotopic (exact) mass is 357 g/mol. The van der Waals surface area contributed by atoms with Gasteiger partial charge in [-0.1, -0.05) is 35.9 Å². The summed E-state index contributed by atoms with van der Waals surface area (Å²) in [6.07, 6.45) is 3.60. The second-order valence-electron chi connectivity index (χ2n) is 6.33. The van der Waals surface area contributed by atoms with Crippen molar-refractivity contribution in [2.24, 2.45) is 0 Å². The fourth-order valence-electron chi connectivity index (χ4n) is 2.97. The van der Waals surface area contributed by atoms with Crippen LogP contribution in [0, 0.1) is 6.92 Å². The predicted molar refractivity (Wildman–Crippen MR) is 109 cm³/mol. The van der Waals surface area contributed by atoms with Crippen molar-refractivity contribution in [1.29, 1.82) is 0 Å². The molecule has 4 rings (SSSR count). The van der Waals surface area contributed by atoms with Crippen LogP contribution >= 0.6 is 0 Å². The summed E-state index contributed by atoms with van der Waals surface area (Å²) in [6.45, 7) is 2.00. The molecule has 4 aromatic rings. The summed E-state index contributed by atoms with van der Waals surface area (Å²) in [5, 5.41) is 5.65. The zero-order chi connectivity index (χ0) is 18.8. The molecular weight excluding hydrogens is 338 g/mol. The van der Waals surface area contributed by atoms with Gasteiger partial charge in [-0.3, -0.25) is 0 Å². The number of fused-ring (bicyclic) bond motifs is 1. The lowest BCUT2D eigenvalue weighted by atomic mass is 10.1. The van der Waals surface area contributed by atoms with E-state index < -0.39 is 0 Å². The summed E-state index contributed by atoms with van der Waals surface area (Å²) in [4.78, 5) is 16.3. The molecule has 0 aliphatic heterocycles. The summed E-state index contributed by atoms with van der Waals surface area (Å²) in [7, 11) is 0. The fourth-order valence-corrected chi connectivity index (χ4v) is 2.97. The van der Waals surface area contributed by atoms with E-state index >= 15 is 0 Å². The first-order valence-corrected chi connectivity index (χ1v) is 8.56. The van der Waals surface area contributed by atoms with Crippen LogP contribution in [0.2, 0.25) is 0 Å². The number of amides is 2. The first-order chi connectivity index (χ1) is 13.1. The van der Waals surface area contributed by atoms with Gasteiger partial charge < -0.3 is 20.8 Å². The molecule has 2 aromatic carbocycles. The summed E-state index contributed by atoms with van der Waals surface area (Å²) in [5.74, 6) is 0.491. The lowest BCUT2D eigenvalue weighted by Gasteiger charge is -2.09. The molecule has 0 bridgehead atoms. The van der Waals surface area contributed by atoms with Crippen LogP contribution in [-0.4, -0.2) is 15.4 Å². The first-order valence-electron chi connectivity index (χ1n) is 8.56. The molecule has 0 saturated carbocycles. The van der Waals surface area contributed by atoms with Gasteiger partial charge in [-0.15, -0.1) is 0 Å². The molecule has 2 heterocycles. The smallest absolute Gasteiger partial charge is 0.323 e. The van der Waals surface area contributed by atoms with Gasteiger partial charge >= 0.3 is 6.03 Å².